The first-order chi connectivity index (χ1) is 19.0. The molecule has 1 fully saturated rings. The topological polar surface area (TPSA) is 140 Å². The number of nitrogens with zero attached hydrogens (tertiary/aromatic N) is 1. The van der Waals surface area contributed by atoms with Crippen LogP contribution in [0.25, 0.3) is 11.1 Å². The molecule has 1 aliphatic heterocycles. The van der Waals surface area contributed by atoms with Gasteiger partial charge in [-0.05, 0) is 68.7 Å². The van der Waals surface area contributed by atoms with E-state index in [9.17, 15) is 19.2 Å². The van der Waals surface area contributed by atoms with Crippen LogP contribution in [0.15, 0.2) is 48.5 Å². The van der Waals surface area contributed by atoms with Gasteiger partial charge in [0.2, 0.25) is 11.8 Å². The summed E-state index contributed by atoms with van der Waals surface area (Å²) in [6.07, 6.45) is 0.624. The molecule has 0 saturated carbocycles. The van der Waals surface area contributed by atoms with Crippen LogP contribution in [0.4, 0.5) is 9.59 Å². The van der Waals surface area contributed by atoms with Crippen molar-refractivity contribution in [3.8, 4) is 11.1 Å². The lowest BCUT2D eigenvalue weighted by molar-refractivity contribution is -0.130. The molecule has 1 aliphatic carbocycles. The van der Waals surface area contributed by atoms with Gasteiger partial charge >= 0.3 is 12.2 Å². The number of ether oxygens (including phenoxy) is 2. The van der Waals surface area contributed by atoms with E-state index in [0.29, 0.717) is 25.8 Å². The lowest BCUT2D eigenvalue weighted by Gasteiger charge is -2.28. The summed E-state index contributed by atoms with van der Waals surface area (Å²) >= 11 is 0. The van der Waals surface area contributed by atoms with Crippen LogP contribution in [-0.2, 0) is 19.1 Å². The minimum absolute atomic E-state index is 0.0385. The Kier molecular flexibility index (Phi) is 8.96. The van der Waals surface area contributed by atoms with Gasteiger partial charge in [-0.2, -0.15) is 0 Å². The second-order valence-corrected chi connectivity index (χ2v) is 11.2. The molecule has 4 amide bonds. The van der Waals surface area contributed by atoms with Crippen molar-refractivity contribution in [1.29, 1.82) is 0 Å². The van der Waals surface area contributed by atoms with Gasteiger partial charge in [0.15, 0.2) is 0 Å². The molecule has 10 nitrogen and oxygen atoms in total. The predicted molar refractivity (Wildman–Crippen MR) is 149 cm³/mol. The summed E-state index contributed by atoms with van der Waals surface area (Å²) in [6, 6.07) is 14.6. The van der Waals surface area contributed by atoms with E-state index in [1.165, 1.54) is 4.90 Å². The van der Waals surface area contributed by atoms with Crippen LogP contribution in [0, 0.1) is 0 Å². The fraction of sp³-hybridized carbons (Fsp3) is 0.467. The molecule has 10 heteroatoms. The molecule has 0 radical (unpaired) electrons. The Morgan fingerprint density at radius 1 is 1.02 bits per heavy atom. The van der Waals surface area contributed by atoms with E-state index in [1.54, 1.807) is 20.8 Å². The van der Waals surface area contributed by atoms with Gasteiger partial charge in [-0.3, -0.25) is 14.5 Å². The number of fused-ring (bicyclic) bond motifs is 3. The molecule has 2 unspecified atom stereocenters. The Morgan fingerprint density at radius 2 is 1.65 bits per heavy atom. The number of carbonyl (C=O) groups is 4. The van der Waals surface area contributed by atoms with Gasteiger partial charge in [0, 0.05) is 19.0 Å². The molecule has 2 aromatic rings. The predicted octanol–water partition coefficient (Wildman–Crippen LogP) is 3.67. The average molecular weight is 551 g/mol. The third-order valence-electron chi connectivity index (χ3n) is 7.13. The number of alkyl carbamates (subject to hydrolysis) is 1. The molecule has 0 aromatic heterocycles. The van der Waals surface area contributed by atoms with Gasteiger partial charge < -0.3 is 25.8 Å². The summed E-state index contributed by atoms with van der Waals surface area (Å²) in [5, 5.41) is 5.37. The Labute approximate surface area is 234 Å². The first-order valence-corrected chi connectivity index (χ1v) is 13.7. The Hall–Kier alpha value is -4.08. The number of benzene rings is 2. The van der Waals surface area contributed by atoms with E-state index in [1.807, 2.05) is 24.3 Å². The maximum absolute atomic E-state index is 12.9. The molecule has 1 saturated heterocycles. The molecule has 1 heterocycles. The van der Waals surface area contributed by atoms with Crippen LogP contribution in [-0.4, -0.2) is 66.3 Å². The molecule has 214 valence electrons. The first kappa shape index (κ1) is 28.9. The van der Waals surface area contributed by atoms with Crippen molar-refractivity contribution < 1.29 is 28.7 Å². The Morgan fingerprint density at radius 3 is 2.25 bits per heavy atom. The number of nitrogens with one attached hydrogen (secondary N) is 2. The molecular weight excluding hydrogens is 512 g/mol. The molecule has 2 atom stereocenters. The summed E-state index contributed by atoms with van der Waals surface area (Å²) in [5.41, 5.74) is 9.40. The molecule has 4 N–H and O–H groups in total. The fourth-order valence-electron chi connectivity index (χ4n) is 5.28. The Balaban J connectivity index is 1.22. The SMILES string of the molecule is CC(C)(C)OC(=O)N1CCCC1C(=O)NC(CCCNC(=O)OCC1c2ccccc2-c2ccccc21)C(N)=O. The van der Waals surface area contributed by atoms with Crippen molar-refractivity contribution in [2.24, 2.45) is 5.73 Å². The third kappa shape index (κ3) is 6.91. The molecular formula is C30H38N4O6. The van der Waals surface area contributed by atoms with Gasteiger partial charge in [0.05, 0.1) is 0 Å². The smallest absolute Gasteiger partial charge is 0.410 e. The highest BCUT2D eigenvalue weighted by Gasteiger charge is 2.37. The number of nitrogens with two attached hydrogens (primary N) is 1. The highest BCUT2D eigenvalue weighted by atomic mass is 16.6. The van der Waals surface area contributed by atoms with Gasteiger partial charge in [-0.25, -0.2) is 9.59 Å². The zero-order valence-corrected chi connectivity index (χ0v) is 23.3. The zero-order chi connectivity index (χ0) is 28.9. The lowest BCUT2D eigenvalue weighted by Crippen LogP contribution is -2.53. The van der Waals surface area contributed by atoms with Crippen LogP contribution >= 0.6 is 0 Å². The fourth-order valence-corrected chi connectivity index (χ4v) is 5.28. The van der Waals surface area contributed by atoms with Crippen LogP contribution in [0.2, 0.25) is 0 Å². The van der Waals surface area contributed by atoms with Crippen molar-refractivity contribution in [3.05, 3.63) is 59.7 Å². The normalized spacial score (nSPS) is 17.0. The number of hydrogen-bond acceptors (Lipinski definition) is 6. The van der Waals surface area contributed by atoms with Crippen LogP contribution in [0.3, 0.4) is 0 Å². The van der Waals surface area contributed by atoms with Crippen molar-refractivity contribution in [1.82, 2.24) is 15.5 Å². The highest BCUT2D eigenvalue weighted by Crippen LogP contribution is 2.44. The standard InChI is InChI=1S/C30H38N4O6/c1-30(2,3)40-29(38)34-17-9-15-25(34)27(36)33-24(26(31)35)14-8-16-32-28(37)39-18-23-21-12-6-4-10-19(21)20-11-5-7-13-22(20)23/h4-7,10-13,23-25H,8-9,14-18H2,1-3H3,(H2,31,35)(H,32,37)(H,33,36). The van der Waals surface area contributed by atoms with Crippen LogP contribution in [0.1, 0.15) is 63.5 Å². The molecule has 0 bridgehead atoms. The quantitative estimate of drug-likeness (QED) is 0.407. The second kappa shape index (κ2) is 12.4. The maximum Gasteiger partial charge on any atom is 0.410 e. The summed E-state index contributed by atoms with van der Waals surface area (Å²) in [7, 11) is 0. The second-order valence-electron chi connectivity index (χ2n) is 11.2. The molecule has 4 rings (SSSR count). The highest BCUT2D eigenvalue weighted by molar-refractivity contribution is 5.91. The first-order valence-electron chi connectivity index (χ1n) is 13.7. The maximum atomic E-state index is 12.9. The van der Waals surface area contributed by atoms with Crippen LogP contribution < -0.4 is 16.4 Å². The van der Waals surface area contributed by atoms with Crippen molar-refractivity contribution in [3.63, 3.8) is 0 Å². The van der Waals surface area contributed by atoms with Crippen molar-refractivity contribution >= 4 is 24.0 Å². The average Bonchev–Trinajstić information content (AvgIpc) is 3.52. The van der Waals surface area contributed by atoms with Gasteiger partial charge in [0.1, 0.15) is 24.3 Å². The lowest BCUT2D eigenvalue weighted by atomic mass is 9.98. The summed E-state index contributed by atoms with van der Waals surface area (Å²) in [4.78, 5) is 51.2. The number of likely N-dealkylation sites (tertiary alicyclic amines) is 1. The number of hydrogen-bond donors (Lipinski definition) is 3. The van der Waals surface area contributed by atoms with Gasteiger partial charge in [0.25, 0.3) is 0 Å². The monoisotopic (exact) mass is 550 g/mol. The molecule has 0 spiro atoms. The molecule has 2 aliphatic rings. The number of amides is 4. The molecule has 40 heavy (non-hydrogen) atoms. The number of carbonyl (C=O) groups excluding carboxylic acids is 4. The third-order valence-corrected chi connectivity index (χ3v) is 7.13. The van der Waals surface area contributed by atoms with E-state index in [4.69, 9.17) is 15.2 Å². The van der Waals surface area contributed by atoms with E-state index in [0.717, 1.165) is 22.3 Å². The zero-order valence-electron chi connectivity index (χ0n) is 23.3. The minimum Gasteiger partial charge on any atom is -0.449 e. The van der Waals surface area contributed by atoms with Crippen molar-refractivity contribution in [2.45, 2.75) is 70.1 Å². The summed E-state index contributed by atoms with van der Waals surface area (Å²) < 4.78 is 10.9. The van der Waals surface area contributed by atoms with E-state index in [-0.39, 0.29) is 25.5 Å². The van der Waals surface area contributed by atoms with Gasteiger partial charge in [-0.15, -0.1) is 0 Å². The van der Waals surface area contributed by atoms with Gasteiger partial charge in [-0.1, -0.05) is 48.5 Å². The van der Waals surface area contributed by atoms with E-state index >= 15 is 0 Å². The van der Waals surface area contributed by atoms with E-state index < -0.39 is 41.7 Å². The largest absolute Gasteiger partial charge is 0.449 e. The van der Waals surface area contributed by atoms with Crippen LogP contribution in [0.5, 0.6) is 0 Å². The minimum atomic E-state index is -0.933. The Bertz CT molecular complexity index is 1210. The number of primary amides is 1. The summed E-state index contributed by atoms with van der Waals surface area (Å²) in [5.74, 6) is -1.17. The summed E-state index contributed by atoms with van der Waals surface area (Å²) in [6.45, 7) is 6.12. The van der Waals surface area contributed by atoms with E-state index in [2.05, 4.69) is 34.9 Å². The molecule has 2 aromatic carbocycles. The van der Waals surface area contributed by atoms with Crippen molar-refractivity contribution in [2.75, 3.05) is 19.7 Å². The number of rotatable bonds is 9.